The van der Waals surface area contributed by atoms with Crippen molar-refractivity contribution >= 4 is 0 Å². The Balaban J connectivity index is 2.46. The van der Waals surface area contributed by atoms with Crippen molar-refractivity contribution < 1.29 is 24.8 Å². The molecule has 1 aliphatic rings. The Hall–Kier alpha value is -1.52. The fourth-order valence-corrected chi connectivity index (χ4v) is 2.23. The van der Waals surface area contributed by atoms with Crippen LogP contribution in [0, 0.1) is 0 Å². The molecule has 0 aliphatic carbocycles. The third kappa shape index (κ3) is 2.19. The van der Waals surface area contributed by atoms with E-state index in [2.05, 4.69) is 0 Å². The molecule has 1 aromatic rings. The van der Waals surface area contributed by atoms with Crippen LogP contribution >= 0.6 is 0 Å². The summed E-state index contributed by atoms with van der Waals surface area (Å²) in [7, 11) is 1.30. The van der Waals surface area contributed by atoms with Crippen molar-refractivity contribution in [1.29, 1.82) is 0 Å². The first-order valence-electron chi connectivity index (χ1n) is 5.91. The van der Waals surface area contributed by atoms with Gasteiger partial charge in [-0.3, -0.25) is 14.3 Å². The maximum Gasteiger partial charge on any atom is 0.330 e. The third-order valence-corrected chi connectivity index (χ3v) is 3.42. The maximum atomic E-state index is 11.7. The van der Waals surface area contributed by atoms with Gasteiger partial charge in [-0.2, -0.15) is 0 Å². The molecule has 2 rings (SSSR count). The number of rotatable bonds is 4. The number of nitrogens with one attached hydrogen (secondary N) is 1. The highest BCUT2D eigenvalue weighted by molar-refractivity contribution is 5.02. The standard InChI is InChI=1S/C11H16N2O7/c1-19-7-8(17)11(4-14,5-15)20-9(7)13-3-2-6(16)12-10(13)18/h2-3,7-9,14-15,17H,4-5H2,1H3,(H,12,16,18). The highest BCUT2D eigenvalue weighted by Crippen LogP contribution is 2.37. The van der Waals surface area contributed by atoms with Crippen LogP contribution in [0.1, 0.15) is 6.23 Å². The minimum Gasteiger partial charge on any atom is -0.393 e. The summed E-state index contributed by atoms with van der Waals surface area (Å²) in [5, 5.41) is 28.8. The number of ether oxygens (including phenoxy) is 2. The Morgan fingerprint density at radius 2 is 2.10 bits per heavy atom. The number of nitrogens with zero attached hydrogens (tertiary/aromatic N) is 1. The summed E-state index contributed by atoms with van der Waals surface area (Å²) in [6.45, 7) is -1.31. The van der Waals surface area contributed by atoms with E-state index in [0.717, 1.165) is 10.6 Å². The van der Waals surface area contributed by atoms with E-state index < -0.39 is 48.5 Å². The predicted molar refractivity (Wildman–Crippen MR) is 65.2 cm³/mol. The lowest BCUT2D eigenvalue weighted by atomic mass is 9.97. The molecule has 4 N–H and O–H groups in total. The quantitative estimate of drug-likeness (QED) is 0.469. The van der Waals surface area contributed by atoms with E-state index in [0.29, 0.717) is 0 Å². The summed E-state index contributed by atoms with van der Waals surface area (Å²) in [5.41, 5.74) is -2.96. The average molecular weight is 288 g/mol. The highest BCUT2D eigenvalue weighted by Gasteiger charge is 2.55. The fourth-order valence-electron chi connectivity index (χ4n) is 2.23. The summed E-state index contributed by atoms with van der Waals surface area (Å²) in [6, 6.07) is 1.11. The zero-order chi connectivity index (χ0) is 14.9. The van der Waals surface area contributed by atoms with Crippen LogP contribution in [0.25, 0.3) is 0 Å². The lowest BCUT2D eigenvalue weighted by molar-refractivity contribution is -0.150. The second-order valence-electron chi connectivity index (χ2n) is 4.55. The molecule has 1 fully saturated rings. The Labute approximate surface area is 113 Å². The Morgan fingerprint density at radius 3 is 2.60 bits per heavy atom. The van der Waals surface area contributed by atoms with E-state index in [4.69, 9.17) is 9.47 Å². The molecular formula is C11H16N2O7. The normalized spacial score (nSPS) is 28.7. The number of hydrogen-bond donors (Lipinski definition) is 4. The molecule has 0 radical (unpaired) electrons. The van der Waals surface area contributed by atoms with Gasteiger partial charge in [0.05, 0.1) is 13.2 Å². The minimum atomic E-state index is -1.64. The zero-order valence-corrected chi connectivity index (χ0v) is 10.7. The monoisotopic (exact) mass is 288 g/mol. The summed E-state index contributed by atoms with van der Waals surface area (Å²) in [6.07, 6.45) is -2.22. The molecule has 1 aromatic heterocycles. The van der Waals surface area contributed by atoms with E-state index in [1.54, 1.807) is 0 Å². The predicted octanol–water partition coefficient (Wildman–Crippen LogP) is -2.84. The van der Waals surface area contributed by atoms with Gasteiger partial charge < -0.3 is 24.8 Å². The topological polar surface area (TPSA) is 134 Å². The SMILES string of the molecule is COC1C(n2ccc(=O)[nH]c2=O)OC(CO)(CO)C1O. The van der Waals surface area contributed by atoms with Crippen LogP contribution in [0.2, 0.25) is 0 Å². The molecule has 2 heterocycles. The van der Waals surface area contributed by atoms with Crippen LogP contribution in [0.4, 0.5) is 0 Å². The third-order valence-electron chi connectivity index (χ3n) is 3.42. The summed E-state index contributed by atoms with van der Waals surface area (Å²) in [5.74, 6) is 0. The Kier molecular flexibility index (Phi) is 4.06. The fraction of sp³-hybridized carbons (Fsp3) is 0.636. The molecular weight excluding hydrogens is 272 g/mol. The Morgan fingerprint density at radius 1 is 1.45 bits per heavy atom. The number of aliphatic hydroxyl groups excluding tert-OH is 3. The molecule has 0 amide bonds. The van der Waals surface area contributed by atoms with Crippen LogP contribution in [-0.2, 0) is 9.47 Å². The van der Waals surface area contributed by atoms with Gasteiger partial charge >= 0.3 is 5.69 Å². The van der Waals surface area contributed by atoms with E-state index in [1.165, 1.54) is 13.3 Å². The molecule has 20 heavy (non-hydrogen) atoms. The molecule has 9 heteroatoms. The zero-order valence-electron chi connectivity index (χ0n) is 10.7. The largest absolute Gasteiger partial charge is 0.393 e. The summed E-state index contributed by atoms with van der Waals surface area (Å²) < 4.78 is 11.5. The molecule has 1 saturated heterocycles. The number of aliphatic hydroxyl groups is 3. The van der Waals surface area contributed by atoms with Gasteiger partial charge in [0, 0.05) is 19.4 Å². The van der Waals surface area contributed by atoms with Crippen molar-refractivity contribution in [2.24, 2.45) is 0 Å². The first kappa shape index (κ1) is 14.9. The van der Waals surface area contributed by atoms with E-state index >= 15 is 0 Å². The second kappa shape index (κ2) is 5.46. The first-order chi connectivity index (χ1) is 9.49. The minimum absolute atomic E-state index is 0.575. The van der Waals surface area contributed by atoms with Gasteiger partial charge in [-0.25, -0.2) is 4.79 Å². The summed E-state index contributed by atoms with van der Waals surface area (Å²) >= 11 is 0. The van der Waals surface area contributed by atoms with E-state index in [1.807, 2.05) is 4.98 Å². The molecule has 0 bridgehead atoms. The van der Waals surface area contributed by atoms with Crippen LogP contribution in [0.5, 0.6) is 0 Å². The lowest BCUT2D eigenvalue weighted by Crippen LogP contribution is -2.49. The van der Waals surface area contributed by atoms with Gasteiger partial charge in [0.25, 0.3) is 5.56 Å². The number of aromatic nitrogens is 2. The van der Waals surface area contributed by atoms with Gasteiger partial charge in [-0.1, -0.05) is 0 Å². The first-order valence-corrected chi connectivity index (χ1v) is 5.91. The molecule has 3 atom stereocenters. The number of methoxy groups -OCH3 is 1. The van der Waals surface area contributed by atoms with Gasteiger partial charge in [-0.15, -0.1) is 0 Å². The van der Waals surface area contributed by atoms with E-state index in [-0.39, 0.29) is 0 Å². The molecule has 1 aliphatic heterocycles. The molecule has 112 valence electrons. The molecule has 3 unspecified atom stereocenters. The second-order valence-corrected chi connectivity index (χ2v) is 4.55. The van der Waals surface area contributed by atoms with Crippen molar-refractivity contribution in [3.8, 4) is 0 Å². The Bertz CT molecular complexity index is 577. The summed E-state index contributed by atoms with van der Waals surface area (Å²) in [4.78, 5) is 24.8. The number of H-pyrrole nitrogens is 1. The van der Waals surface area contributed by atoms with Gasteiger partial charge in [0.2, 0.25) is 0 Å². The van der Waals surface area contributed by atoms with Crippen molar-refractivity contribution in [2.75, 3.05) is 20.3 Å². The van der Waals surface area contributed by atoms with Crippen LogP contribution in [0.15, 0.2) is 21.9 Å². The molecule has 9 nitrogen and oxygen atoms in total. The number of aromatic amines is 1. The highest BCUT2D eigenvalue weighted by atomic mass is 16.6. The number of hydrogen-bond acceptors (Lipinski definition) is 7. The van der Waals surface area contributed by atoms with Crippen molar-refractivity contribution in [3.05, 3.63) is 33.1 Å². The van der Waals surface area contributed by atoms with Crippen LogP contribution < -0.4 is 11.2 Å². The smallest absolute Gasteiger partial charge is 0.330 e. The maximum absolute atomic E-state index is 11.7. The molecule has 0 spiro atoms. The van der Waals surface area contributed by atoms with Crippen LogP contribution in [0.3, 0.4) is 0 Å². The van der Waals surface area contributed by atoms with Crippen molar-refractivity contribution in [2.45, 2.75) is 24.0 Å². The molecule has 0 aromatic carbocycles. The lowest BCUT2D eigenvalue weighted by Gasteiger charge is -2.27. The van der Waals surface area contributed by atoms with E-state index in [9.17, 15) is 24.9 Å². The average Bonchev–Trinajstić information content (AvgIpc) is 2.71. The van der Waals surface area contributed by atoms with Gasteiger partial charge in [-0.05, 0) is 0 Å². The van der Waals surface area contributed by atoms with Crippen molar-refractivity contribution in [1.82, 2.24) is 9.55 Å². The van der Waals surface area contributed by atoms with Gasteiger partial charge in [0.15, 0.2) is 6.23 Å². The van der Waals surface area contributed by atoms with Crippen LogP contribution in [-0.4, -0.2) is 63.0 Å². The van der Waals surface area contributed by atoms with Gasteiger partial charge in [0.1, 0.15) is 17.8 Å². The van der Waals surface area contributed by atoms with Crippen molar-refractivity contribution in [3.63, 3.8) is 0 Å². The molecule has 0 saturated carbocycles.